The molecule has 1 unspecified atom stereocenters. The third-order valence-corrected chi connectivity index (χ3v) is 3.49. The molecule has 1 aliphatic heterocycles. The summed E-state index contributed by atoms with van der Waals surface area (Å²) in [7, 11) is 0. The number of hydrogen-bond acceptors (Lipinski definition) is 4. The molecule has 1 aromatic rings. The standard InChI is InChI=1S/C12H16O3S/c1-8(7-13)9-5-10-11(6-12(9)16-2)15-4-3-14-10/h5-6,8,13H,3-4,7H2,1-2H3. The Morgan fingerprint density at radius 2 is 1.94 bits per heavy atom. The summed E-state index contributed by atoms with van der Waals surface area (Å²) in [5, 5.41) is 9.23. The van der Waals surface area contributed by atoms with E-state index in [0.717, 1.165) is 22.0 Å². The number of aliphatic hydroxyl groups excluding tert-OH is 1. The molecule has 1 aliphatic rings. The van der Waals surface area contributed by atoms with Gasteiger partial charge in [-0.3, -0.25) is 0 Å². The van der Waals surface area contributed by atoms with Crippen molar-refractivity contribution in [2.24, 2.45) is 0 Å². The van der Waals surface area contributed by atoms with Crippen molar-refractivity contribution >= 4 is 11.8 Å². The number of rotatable bonds is 3. The van der Waals surface area contributed by atoms with Crippen LogP contribution in [0.15, 0.2) is 17.0 Å². The number of aliphatic hydroxyl groups is 1. The molecule has 1 atom stereocenters. The number of thioether (sulfide) groups is 1. The van der Waals surface area contributed by atoms with Gasteiger partial charge in [-0.15, -0.1) is 11.8 Å². The molecule has 4 heteroatoms. The molecule has 0 saturated heterocycles. The lowest BCUT2D eigenvalue weighted by molar-refractivity contribution is 0.170. The van der Waals surface area contributed by atoms with Crippen LogP contribution in [0.5, 0.6) is 11.5 Å². The first-order chi connectivity index (χ1) is 7.76. The highest BCUT2D eigenvalue weighted by molar-refractivity contribution is 7.98. The number of benzene rings is 1. The smallest absolute Gasteiger partial charge is 0.162 e. The van der Waals surface area contributed by atoms with Crippen molar-refractivity contribution in [1.82, 2.24) is 0 Å². The van der Waals surface area contributed by atoms with Gasteiger partial charge in [0.1, 0.15) is 13.2 Å². The fraction of sp³-hybridized carbons (Fsp3) is 0.500. The fourth-order valence-electron chi connectivity index (χ4n) is 1.75. The maximum Gasteiger partial charge on any atom is 0.162 e. The summed E-state index contributed by atoms with van der Waals surface area (Å²) in [6, 6.07) is 3.99. The van der Waals surface area contributed by atoms with Gasteiger partial charge in [0.15, 0.2) is 11.5 Å². The molecule has 0 aromatic heterocycles. The van der Waals surface area contributed by atoms with Gasteiger partial charge in [0, 0.05) is 17.4 Å². The van der Waals surface area contributed by atoms with E-state index in [1.54, 1.807) is 11.8 Å². The van der Waals surface area contributed by atoms with Crippen molar-refractivity contribution in [1.29, 1.82) is 0 Å². The van der Waals surface area contributed by atoms with E-state index in [0.29, 0.717) is 13.2 Å². The van der Waals surface area contributed by atoms with Crippen LogP contribution in [0.1, 0.15) is 18.4 Å². The second-order valence-electron chi connectivity index (χ2n) is 3.82. The first-order valence-electron chi connectivity index (χ1n) is 5.34. The zero-order valence-corrected chi connectivity index (χ0v) is 10.3. The lowest BCUT2D eigenvalue weighted by Gasteiger charge is -2.22. The number of ether oxygens (including phenoxy) is 2. The monoisotopic (exact) mass is 240 g/mol. The Labute approximate surface area is 99.8 Å². The zero-order chi connectivity index (χ0) is 11.5. The highest BCUT2D eigenvalue weighted by Gasteiger charge is 2.18. The minimum Gasteiger partial charge on any atom is -0.486 e. The molecular formula is C12H16O3S. The molecule has 88 valence electrons. The Morgan fingerprint density at radius 3 is 2.50 bits per heavy atom. The number of fused-ring (bicyclic) bond motifs is 1. The maximum absolute atomic E-state index is 9.23. The largest absolute Gasteiger partial charge is 0.486 e. The van der Waals surface area contributed by atoms with Crippen LogP contribution >= 0.6 is 11.8 Å². The number of hydrogen-bond donors (Lipinski definition) is 1. The molecule has 0 spiro atoms. The van der Waals surface area contributed by atoms with Crippen molar-refractivity contribution in [3.05, 3.63) is 17.7 Å². The molecule has 3 nitrogen and oxygen atoms in total. The highest BCUT2D eigenvalue weighted by Crippen LogP contribution is 2.39. The normalized spacial score (nSPS) is 15.9. The van der Waals surface area contributed by atoms with Crippen LogP contribution in [0.25, 0.3) is 0 Å². The SMILES string of the molecule is CSc1cc2c(cc1C(C)CO)OCCO2. The van der Waals surface area contributed by atoms with E-state index < -0.39 is 0 Å². The predicted octanol–water partition coefficient (Wildman–Crippen LogP) is 2.28. The molecule has 0 amide bonds. The molecule has 0 radical (unpaired) electrons. The Balaban J connectivity index is 2.43. The fourth-order valence-corrected chi connectivity index (χ4v) is 2.47. The van der Waals surface area contributed by atoms with Crippen LogP contribution in [0.4, 0.5) is 0 Å². The quantitative estimate of drug-likeness (QED) is 0.823. The average molecular weight is 240 g/mol. The summed E-state index contributed by atoms with van der Waals surface area (Å²) in [6.45, 7) is 3.35. The van der Waals surface area contributed by atoms with Crippen molar-refractivity contribution in [3.8, 4) is 11.5 Å². The molecule has 16 heavy (non-hydrogen) atoms. The van der Waals surface area contributed by atoms with E-state index in [9.17, 15) is 5.11 Å². The second kappa shape index (κ2) is 4.97. The van der Waals surface area contributed by atoms with Gasteiger partial charge in [-0.2, -0.15) is 0 Å². The van der Waals surface area contributed by atoms with E-state index in [4.69, 9.17) is 9.47 Å². The summed E-state index contributed by atoms with van der Waals surface area (Å²) >= 11 is 1.67. The van der Waals surface area contributed by atoms with Crippen molar-refractivity contribution in [2.75, 3.05) is 26.1 Å². The van der Waals surface area contributed by atoms with Crippen LogP contribution < -0.4 is 9.47 Å². The zero-order valence-electron chi connectivity index (χ0n) is 9.53. The summed E-state index contributed by atoms with van der Waals surface area (Å²) in [4.78, 5) is 1.14. The summed E-state index contributed by atoms with van der Waals surface area (Å²) < 4.78 is 11.1. The van der Waals surface area contributed by atoms with Gasteiger partial charge in [-0.25, -0.2) is 0 Å². The third kappa shape index (κ3) is 2.13. The van der Waals surface area contributed by atoms with Crippen LogP contribution in [0, 0.1) is 0 Å². The Bertz CT molecular complexity index is 379. The van der Waals surface area contributed by atoms with Crippen LogP contribution in [0.2, 0.25) is 0 Å². The summed E-state index contributed by atoms with van der Waals surface area (Å²) in [6.07, 6.45) is 2.03. The molecular weight excluding hydrogens is 224 g/mol. The minimum absolute atomic E-state index is 0.123. The molecule has 0 saturated carbocycles. The Kier molecular flexibility index (Phi) is 3.61. The van der Waals surface area contributed by atoms with Crippen LogP contribution in [0.3, 0.4) is 0 Å². The average Bonchev–Trinajstić information content (AvgIpc) is 2.36. The summed E-state index contributed by atoms with van der Waals surface area (Å²) in [5.74, 6) is 1.72. The van der Waals surface area contributed by atoms with Gasteiger partial charge in [0.2, 0.25) is 0 Å². The predicted molar refractivity (Wildman–Crippen MR) is 64.7 cm³/mol. The minimum atomic E-state index is 0.123. The van der Waals surface area contributed by atoms with Gasteiger partial charge in [-0.1, -0.05) is 6.92 Å². The van der Waals surface area contributed by atoms with Gasteiger partial charge in [0.05, 0.1) is 0 Å². The van der Waals surface area contributed by atoms with E-state index in [2.05, 4.69) is 0 Å². The molecule has 1 N–H and O–H groups in total. The van der Waals surface area contributed by atoms with Gasteiger partial charge < -0.3 is 14.6 Å². The lowest BCUT2D eigenvalue weighted by Crippen LogP contribution is -2.16. The van der Waals surface area contributed by atoms with Gasteiger partial charge >= 0.3 is 0 Å². The molecule has 2 rings (SSSR count). The first-order valence-corrected chi connectivity index (χ1v) is 6.57. The van der Waals surface area contributed by atoms with Crippen molar-refractivity contribution in [3.63, 3.8) is 0 Å². The Morgan fingerprint density at radius 1 is 1.31 bits per heavy atom. The third-order valence-electron chi connectivity index (χ3n) is 2.70. The van der Waals surface area contributed by atoms with Crippen molar-refractivity contribution < 1.29 is 14.6 Å². The molecule has 1 aromatic carbocycles. The Hall–Kier alpha value is -0.870. The molecule has 0 fully saturated rings. The lowest BCUT2D eigenvalue weighted by atomic mass is 10.0. The van der Waals surface area contributed by atoms with Crippen LogP contribution in [-0.2, 0) is 0 Å². The second-order valence-corrected chi connectivity index (χ2v) is 4.67. The van der Waals surface area contributed by atoms with E-state index in [-0.39, 0.29) is 12.5 Å². The summed E-state index contributed by atoms with van der Waals surface area (Å²) in [5.41, 5.74) is 1.12. The van der Waals surface area contributed by atoms with E-state index in [1.807, 2.05) is 25.3 Å². The van der Waals surface area contributed by atoms with E-state index in [1.165, 1.54) is 0 Å². The topological polar surface area (TPSA) is 38.7 Å². The highest BCUT2D eigenvalue weighted by atomic mass is 32.2. The first kappa shape index (κ1) is 11.6. The molecule has 1 heterocycles. The van der Waals surface area contributed by atoms with Crippen molar-refractivity contribution in [2.45, 2.75) is 17.7 Å². The van der Waals surface area contributed by atoms with Gasteiger partial charge in [-0.05, 0) is 24.0 Å². The van der Waals surface area contributed by atoms with Crippen LogP contribution in [-0.4, -0.2) is 31.2 Å². The molecule has 0 bridgehead atoms. The molecule has 0 aliphatic carbocycles. The maximum atomic E-state index is 9.23. The van der Waals surface area contributed by atoms with Gasteiger partial charge in [0.25, 0.3) is 0 Å². The van der Waals surface area contributed by atoms with E-state index >= 15 is 0 Å².